The molecule has 0 radical (unpaired) electrons. The summed E-state index contributed by atoms with van der Waals surface area (Å²) >= 11 is 5.35. The third-order valence-corrected chi connectivity index (χ3v) is 1.71. The summed E-state index contributed by atoms with van der Waals surface area (Å²) in [5.74, 6) is -1.85. The fourth-order valence-electron chi connectivity index (χ4n) is 0.926. The molecule has 0 saturated heterocycles. The van der Waals surface area contributed by atoms with E-state index in [1.807, 2.05) is 0 Å². The van der Waals surface area contributed by atoms with Crippen molar-refractivity contribution in [1.29, 1.82) is 0 Å². The van der Waals surface area contributed by atoms with Crippen LogP contribution in [0.15, 0.2) is 4.42 Å². The zero-order valence-corrected chi connectivity index (χ0v) is 8.55. The molecule has 0 aliphatic heterocycles. The summed E-state index contributed by atoms with van der Waals surface area (Å²) in [6.07, 6.45) is -2.90. The average molecular weight is 240 g/mol. The molecular weight excluding hydrogens is 232 g/mol. The molecule has 1 aromatic rings. The van der Waals surface area contributed by atoms with E-state index in [1.165, 1.54) is 0 Å². The van der Waals surface area contributed by atoms with Gasteiger partial charge < -0.3 is 9.15 Å². The van der Waals surface area contributed by atoms with E-state index in [4.69, 9.17) is 16.0 Å². The van der Waals surface area contributed by atoms with Crippen LogP contribution < -0.4 is 0 Å². The minimum absolute atomic E-state index is 0.0679. The molecule has 0 aliphatic rings. The second-order valence-corrected chi connectivity index (χ2v) is 2.74. The standard InChI is InChI=1S/C8H8ClF2NO3/c1-2-14-8(13)6-5(7(10)11)12-4(3-9)15-6/h7H,2-3H2,1H3. The van der Waals surface area contributed by atoms with Crippen molar-refractivity contribution in [1.82, 2.24) is 4.98 Å². The highest BCUT2D eigenvalue weighted by atomic mass is 35.5. The number of esters is 1. The molecule has 1 heterocycles. The molecule has 0 bridgehead atoms. The zero-order valence-electron chi connectivity index (χ0n) is 7.80. The van der Waals surface area contributed by atoms with Crippen molar-refractivity contribution < 1.29 is 22.7 Å². The maximum absolute atomic E-state index is 12.4. The van der Waals surface area contributed by atoms with Crippen molar-refractivity contribution in [3.05, 3.63) is 17.3 Å². The Kier molecular flexibility index (Phi) is 4.02. The van der Waals surface area contributed by atoms with Crippen LogP contribution >= 0.6 is 11.6 Å². The first kappa shape index (κ1) is 11.9. The van der Waals surface area contributed by atoms with Gasteiger partial charge in [0, 0.05) is 0 Å². The predicted molar refractivity (Wildman–Crippen MR) is 47.0 cm³/mol. The summed E-state index contributed by atoms with van der Waals surface area (Å²) in [6, 6.07) is 0. The van der Waals surface area contributed by atoms with Gasteiger partial charge in [0.15, 0.2) is 5.69 Å². The van der Waals surface area contributed by atoms with Crippen LogP contribution in [0.5, 0.6) is 0 Å². The van der Waals surface area contributed by atoms with Gasteiger partial charge in [0.2, 0.25) is 11.7 Å². The molecule has 0 aromatic carbocycles. The second kappa shape index (κ2) is 5.06. The number of carbonyl (C=O) groups excluding carboxylic acids is 1. The van der Waals surface area contributed by atoms with Crippen LogP contribution in [0.25, 0.3) is 0 Å². The Balaban J connectivity index is 3.03. The molecule has 0 fully saturated rings. The lowest BCUT2D eigenvalue weighted by atomic mass is 10.3. The fourth-order valence-corrected chi connectivity index (χ4v) is 1.04. The van der Waals surface area contributed by atoms with Gasteiger partial charge in [-0.2, -0.15) is 0 Å². The Morgan fingerprint density at radius 1 is 1.67 bits per heavy atom. The SMILES string of the molecule is CCOC(=O)c1oc(CCl)nc1C(F)F. The number of carbonyl (C=O) groups is 1. The van der Waals surface area contributed by atoms with E-state index in [-0.39, 0.29) is 18.4 Å². The molecule has 0 aliphatic carbocycles. The quantitative estimate of drug-likeness (QED) is 0.598. The summed E-state index contributed by atoms with van der Waals surface area (Å²) in [5.41, 5.74) is -0.732. The lowest BCUT2D eigenvalue weighted by Gasteiger charge is -1.99. The number of aromatic nitrogens is 1. The highest BCUT2D eigenvalue weighted by Crippen LogP contribution is 2.24. The van der Waals surface area contributed by atoms with Gasteiger partial charge in [-0.3, -0.25) is 0 Å². The number of hydrogen-bond donors (Lipinski definition) is 0. The summed E-state index contributed by atoms with van der Waals surface area (Å²) in [6.45, 7) is 1.62. The van der Waals surface area contributed by atoms with E-state index in [1.54, 1.807) is 6.92 Å². The Hall–Kier alpha value is -1.17. The van der Waals surface area contributed by atoms with Crippen LogP contribution in [0.4, 0.5) is 8.78 Å². The van der Waals surface area contributed by atoms with E-state index in [2.05, 4.69) is 9.72 Å². The predicted octanol–water partition coefficient (Wildman–Crippen LogP) is 2.53. The van der Waals surface area contributed by atoms with Gasteiger partial charge in [0.05, 0.1) is 12.5 Å². The van der Waals surface area contributed by atoms with E-state index in [0.29, 0.717) is 0 Å². The molecule has 1 aromatic heterocycles. The maximum atomic E-state index is 12.4. The van der Waals surface area contributed by atoms with Crippen LogP contribution in [0, 0.1) is 0 Å². The van der Waals surface area contributed by atoms with Crippen LogP contribution in [0.1, 0.15) is 35.5 Å². The van der Waals surface area contributed by atoms with Crippen LogP contribution in [-0.2, 0) is 10.6 Å². The Morgan fingerprint density at radius 2 is 2.33 bits per heavy atom. The largest absolute Gasteiger partial charge is 0.460 e. The van der Waals surface area contributed by atoms with Crippen molar-refractivity contribution in [2.24, 2.45) is 0 Å². The number of ether oxygens (including phenoxy) is 1. The number of alkyl halides is 3. The average Bonchev–Trinajstić information content (AvgIpc) is 2.61. The highest BCUT2D eigenvalue weighted by molar-refractivity contribution is 6.16. The molecule has 0 spiro atoms. The van der Waals surface area contributed by atoms with Gasteiger partial charge >= 0.3 is 5.97 Å². The number of hydrogen-bond acceptors (Lipinski definition) is 4. The third kappa shape index (κ3) is 2.65. The molecular formula is C8H8ClF2NO3. The zero-order chi connectivity index (χ0) is 11.4. The van der Waals surface area contributed by atoms with Gasteiger partial charge in [0.1, 0.15) is 0 Å². The summed E-state index contributed by atoms with van der Waals surface area (Å²) in [7, 11) is 0. The lowest BCUT2D eigenvalue weighted by Crippen LogP contribution is -2.06. The maximum Gasteiger partial charge on any atom is 0.376 e. The van der Waals surface area contributed by atoms with Crippen molar-refractivity contribution in [3.63, 3.8) is 0 Å². The van der Waals surface area contributed by atoms with E-state index in [0.717, 1.165) is 0 Å². The van der Waals surface area contributed by atoms with Gasteiger partial charge in [-0.15, -0.1) is 11.6 Å². The monoisotopic (exact) mass is 239 g/mol. The molecule has 15 heavy (non-hydrogen) atoms. The molecule has 1 rings (SSSR count). The number of rotatable bonds is 4. The minimum atomic E-state index is -2.90. The molecule has 0 N–H and O–H groups in total. The lowest BCUT2D eigenvalue weighted by molar-refractivity contribution is 0.0474. The van der Waals surface area contributed by atoms with Gasteiger partial charge in [0.25, 0.3) is 6.43 Å². The molecule has 0 saturated carbocycles. The van der Waals surface area contributed by atoms with Crippen molar-refractivity contribution in [2.75, 3.05) is 6.61 Å². The van der Waals surface area contributed by atoms with E-state index >= 15 is 0 Å². The Labute approximate surface area is 89.2 Å². The highest BCUT2D eigenvalue weighted by Gasteiger charge is 2.27. The second-order valence-electron chi connectivity index (χ2n) is 2.48. The van der Waals surface area contributed by atoms with Gasteiger partial charge in [-0.1, -0.05) is 0 Å². The van der Waals surface area contributed by atoms with Gasteiger partial charge in [-0.05, 0) is 6.92 Å². The summed E-state index contributed by atoms with van der Waals surface area (Å²) in [4.78, 5) is 14.5. The van der Waals surface area contributed by atoms with Gasteiger partial charge in [-0.25, -0.2) is 18.6 Å². The normalized spacial score (nSPS) is 10.7. The molecule has 0 atom stereocenters. The third-order valence-electron chi connectivity index (χ3n) is 1.48. The number of oxazole rings is 1. The van der Waals surface area contributed by atoms with Crippen LogP contribution in [0.3, 0.4) is 0 Å². The first-order chi connectivity index (χ1) is 7.10. The Morgan fingerprint density at radius 3 is 2.80 bits per heavy atom. The number of halogens is 3. The Bertz CT molecular complexity index is 354. The smallest absolute Gasteiger partial charge is 0.376 e. The molecule has 0 unspecified atom stereocenters. The molecule has 84 valence electrons. The summed E-state index contributed by atoms with van der Waals surface area (Å²) < 4.78 is 34.1. The fraction of sp³-hybridized carbons (Fsp3) is 0.500. The van der Waals surface area contributed by atoms with Crippen molar-refractivity contribution in [2.45, 2.75) is 19.2 Å². The van der Waals surface area contributed by atoms with Crippen molar-refractivity contribution in [3.8, 4) is 0 Å². The van der Waals surface area contributed by atoms with E-state index in [9.17, 15) is 13.6 Å². The van der Waals surface area contributed by atoms with Crippen molar-refractivity contribution >= 4 is 17.6 Å². The topological polar surface area (TPSA) is 52.3 Å². The first-order valence-corrected chi connectivity index (χ1v) is 4.64. The minimum Gasteiger partial charge on any atom is -0.460 e. The van der Waals surface area contributed by atoms with E-state index < -0.39 is 23.8 Å². The molecule has 0 amide bonds. The number of nitrogens with zero attached hydrogens (tertiary/aromatic N) is 1. The van der Waals surface area contributed by atoms with Crippen LogP contribution in [-0.4, -0.2) is 17.6 Å². The van der Waals surface area contributed by atoms with Crippen LogP contribution in [0.2, 0.25) is 0 Å². The first-order valence-electron chi connectivity index (χ1n) is 4.11. The summed E-state index contributed by atoms with van der Waals surface area (Å²) in [5, 5.41) is 0. The molecule has 4 nitrogen and oxygen atoms in total. The molecule has 7 heteroatoms.